The highest BCUT2D eigenvalue weighted by Crippen LogP contribution is 2.38. The first-order valence-electron chi connectivity index (χ1n) is 4.39. The Hall–Kier alpha value is -1.25. The van der Waals surface area contributed by atoms with Gasteiger partial charge in [-0.1, -0.05) is 6.92 Å². The van der Waals surface area contributed by atoms with E-state index in [0.29, 0.717) is 12.0 Å². The lowest BCUT2D eigenvalue weighted by Crippen LogP contribution is -2.10. The summed E-state index contributed by atoms with van der Waals surface area (Å²) in [6, 6.07) is 2.60. The third kappa shape index (κ3) is 1.24. The lowest BCUT2D eigenvalue weighted by Gasteiger charge is -2.06. The monoisotopic (exact) mass is 182 g/mol. The van der Waals surface area contributed by atoms with Gasteiger partial charge in [0.25, 0.3) is 0 Å². The molecular formula is C10H11FO2. The normalized spacial score (nSPS) is 19.7. The first kappa shape index (κ1) is 8.35. The quantitative estimate of drug-likeness (QED) is 0.721. The maximum atomic E-state index is 13.1. The molecule has 2 rings (SSSR count). The van der Waals surface area contributed by atoms with Gasteiger partial charge in [-0.15, -0.1) is 0 Å². The van der Waals surface area contributed by atoms with Crippen molar-refractivity contribution in [2.45, 2.75) is 25.9 Å². The zero-order valence-corrected chi connectivity index (χ0v) is 7.38. The Morgan fingerprint density at radius 2 is 2.38 bits per heavy atom. The largest absolute Gasteiger partial charge is 0.508 e. The molecule has 1 aliphatic heterocycles. The SMILES string of the molecule is CCC1Cc2c(O)ccc(F)c2O1. The Balaban J connectivity index is 2.43. The van der Waals surface area contributed by atoms with Gasteiger partial charge in [-0.25, -0.2) is 4.39 Å². The minimum Gasteiger partial charge on any atom is -0.508 e. The summed E-state index contributed by atoms with van der Waals surface area (Å²) in [6.07, 6.45) is 1.45. The van der Waals surface area contributed by atoms with Gasteiger partial charge < -0.3 is 9.84 Å². The lowest BCUT2D eigenvalue weighted by molar-refractivity contribution is 0.220. The van der Waals surface area contributed by atoms with E-state index in [-0.39, 0.29) is 23.4 Å². The molecule has 3 heteroatoms. The van der Waals surface area contributed by atoms with Crippen LogP contribution >= 0.6 is 0 Å². The standard InChI is InChI=1S/C10H11FO2/c1-2-6-5-7-9(12)4-3-8(11)10(7)13-6/h3-4,6,12H,2,5H2,1H3. The molecule has 0 saturated carbocycles. The number of halogens is 1. The summed E-state index contributed by atoms with van der Waals surface area (Å²) in [6.45, 7) is 1.98. The molecule has 0 bridgehead atoms. The molecule has 1 aliphatic rings. The zero-order valence-electron chi connectivity index (χ0n) is 7.38. The third-order valence-electron chi connectivity index (χ3n) is 2.36. The molecule has 1 N–H and O–H groups in total. The maximum absolute atomic E-state index is 13.1. The van der Waals surface area contributed by atoms with Crippen molar-refractivity contribution < 1.29 is 14.2 Å². The van der Waals surface area contributed by atoms with Crippen LogP contribution in [0, 0.1) is 5.82 Å². The molecule has 0 aromatic heterocycles. The molecule has 70 valence electrons. The fourth-order valence-electron chi connectivity index (χ4n) is 1.58. The molecule has 2 nitrogen and oxygen atoms in total. The summed E-state index contributed by atoms with van der Waals surface area (Å²) in [4.78, 5) is 0. The van der Waals surface area contributed by atoms with E-state index in [4.69, 9.17) is 4.74 Å². The number of benzene rings is 1. The number of hydrogen-bond acceptors (Lipinski definition) is 2. The fraction of sp³-hybridized carbons (Fsp3) is 0.400. The smallest absolute Gasteiger partial charge is 0.165 e. The molecule has 1 unspecified atom stereocenters. The van der Waals surface area contributed by atoms with E-state index in [1.54, 1.807) is 0 Å². The number of aromatic hydroxyl groups is 1. The number of hydrogen-bond donors (Lipinski definition) is 1. The fourth-order valence-corrected chi connectivity index (χ4v) is 1.58. The van der Waals surface area contributed by atoms with Crippen molar-refractivity contribution in [2.24, 2.45) is 0 Å². The highest BCUT2D eigenvalue weighted by atomic mass is 19.1. The first-order valence-corrected chi connectivity index (χ1v) is 4.39. The molecular weight excluding hydrogens is 171 g/mol. The average Bonchev–Trinajstić information content (AvgIpc) is 2.56. The number of ether oxygens (including phenoxy) is 1. The van der Waals surface area contributed by atoms with Crippen LogP contribution in [-0.4, -0.2) is 11.2 Å². The topological polar surface area (TPSA) is 29.5 Å². The molecule has 0 amide bonds. The molecule has 1 atom stereocenters. The lowest BCUT2D eigenvalue weighted by atomic mass is 10.1. The highest BCUT2D eigenvalue weighted by molar-refractivity contribution is 5.47. The summed E-state index contributed by atoms with van der Waals surface area (Å²) in [5.41, 5.74) is 0.604. The van der Waals surface area contributed by atoms with Crippen LogP contribution in [0.4, 0.5) is 4.39 Å². The van der Waals surface area contributed by atoms with Crippen molar-refractivity contribution in [3.05, 3.63) is 23.5 Å². The van der Waals surface area contributed by atoms with Crippen molar-refractivity contribution in [3.63, 3.8) is 0 Å². The molecule has 0 aliphatic carbocycles. The maximum Gasteiger partial charge on any atom is 0.165 e. The van der Waals surface area contributed by atoms with Crippen molar-refractivity contribution >= 4 is 0 Å². The Morgan fingerprint density at radius 3 is 3.00 bits per heavy atom. The van der Waals surface area contributed by atoms with E-state index in [1.165, 1.54) is 12.1 Å². The minimum atomic E-state index is -0.385. The number of fused-ring (bicyclic) bond motifs is 1. The van der Waals surface area contributed by atoms with Crippen LogP contribution in [0.3, 0.4) is 0 Å². The summed E-state index contributed by atoms with van der Waals surface area (Å²) in [5.74, 6) is -0.0250. The number of rotatable bonds is 1. The highest BCUT2D eigenvalue weighted by Gasteiger charge is 2.26. The Bertz CT molecular complexity index is 305. The second-order valence-corrected chi connectivity index (χ2v) is 3.23. The Labute approximate surface area is 76.0 Å². The van der Waals surface area contributed by atoms with E-state index >= 15 is 0 Å². The van der Waals surface area contributed by atoms with Gasteiger partial charge in [0, 0.05) is 12.0 Å². The van der Waals surface area contributed by atoms with Gasteiger partial charge in [-0.05, 0) is 18.6 Å². The van der Waals surface area contributed by atoms with Gasteiger partial charge in [0.1, 0.15) is 11.9 Å². The van der Waals surface area contributed by atoms with Gasteiger partial charge in [-0.3, -0.25) is 0 Å². The van der Waals surface area contributed by atoms with Crippen LogP contribution in [0.15, 0.2) is 12.1 Å². The van der Waals surface area contributed by atoms with Crippen LogP contribution < -0.4 is 4.74 Å². The van der Waals surface area contributed by atoms with E-state index in [0.717, 1.165) is 6.42 Å². The van der Waals surface area contributed by atoms with Crippen LogP contribution in [0.25, 0.3) is 0 Å². The van der Waals surface area contributed by atoms with Gasteiger partial charge in [0.05, 0.1) is 0 Å². The minimum absolute atomic E-state index is 0.0119. The van der Waals surface area contributed by atoms with Gasteiger partial charge >= 0.3 is 0 Å². The van der Waals surface area contributed by atoms with Crippen molar-refractivity contribution in [2.75, 3.05) is 0 Å². The third-order valence-corrected chi connectivity index (χ3v) is 2.36. The molecule has 1 aromatic rings. The predicted octanol–water partition coefficient (Wildman–Crippen LogP) is 2.24. The second-order valence-electron chi connectivity index (χ2n) is 3.23. The second kappa shape index (κ2) is 2.91. The predicted molar refractivity (Wildman–Crippen MR) is 46.5 cm³/mol. The van der Waals surface area contributed by atoms with Gasteiger partial charge in [0.2, 0.25) is 0 Å². The molecule has 0 radical (unpaired) electrons. The van der Waals surface area contributed by atoms with Gasteiger partial charge in [-0.2, -0.15) is 0 Å². The number of phenolic OH excluding ortho intramolecular Hbond substituents is 1. The summed E-state index contributed by atoms with van der Waals surface area (Å²) in [7, 11) is 0. The summed E-state index contributed by atoms with van der Waals surface area (Å²) < 4.78 is 18.5. The molecule has 0 spiro atoms. The van der Waals surface area contributed by atoms with Crippen molar-refractivity contribution in [1.29, 1.82) is 0 Å². The van der Waals surface area contributed by atoms with Gasteiger partial charge in [0.15, 0.2) is 11.6 Å². The van der Waals surface area contributed by atoms with Crippen LogP contribution in [0.5, 0.6) is 11.5 Å². The molecule has 0 fully saturated rings. The average molecular weight is 182 g/mol. The van der Waals surface area contributed by atoms with Crippen LogP contribution in [-0.2, 0) is 6.42 Å². The van der Waals surface area contributed by atoms with E-state index in [9.17, 15) is 9.50 Å². The van der Waals surface area contributed by atoms with E-state index in [2.05, 4.69) is 0 Å². The van der Waals surface area contributed by atoms with Crippen LogP contribution in [0.2, 0.25) is 0 Å². The first-order chi connectivity index (χ1) is 6.22. The Morgan fingerprint density at radius 1 is 1.62 bits per heavy atom. The van der Waals surface area contributed by atoms with Crippen molar-refractivity contribution in [1.82, 2.24) is 0 Å². The zero-order chi connectivity index (χ0) is 9.42. The summed E-state index contributed by atoms with van der Waals surface area (Å²) in [5, 5.41) is 9.42. The van der Waals surface area contributed by atoms with E-state index in [1.807, 2.05) is 6.92 Å². The molecule has 1 heterocycles. The number of phenols is 1. The van der Waals surface area contributed by atoms with Crippen molar-refractivity contribution in [3.8, 4) is 11.5 Å². The van der Waals surface area contributed by atoms with Crippen LogP contribution in [0.1, 0.15) is 18.9 Å². The summed E-state index contributed by atoms with van der Waals surface area (Å²) >= 11 is 0. The molecule has 1 aromatic carbocycles. The molecule has 0 saturated heterocycles. The molecule has 13 heavy (non-hydrogen) atoms. The van der Waals surface area contributed by atoms with E-state index < -0.39 is 0 Å². The Kier molecular flexibility index (Phi) is 1.87.